The lowest BCUT2D eigenvalue weighted by Gasteiger charge is -1.93. The molecule has 0 aliphatic rings. The highest BCUT2D eigenvalue weighted by Gasteiger charge is 1.95. The molecule has 0 saturated carbocycles. The molecule has 0 aliphatic heterocycles. The highest BCUT2D eigenvalue weighted by atomic mass is 15.6. The molecule has 0 aliphatic carbocycles. The average Bonchev–Trinajstić information content (AvgIpc) is 1.75. The fourth-order valence-electron chi connectivity index (χ4n) is 6.51. The number of rotatable bonds is 0. The van der Waals surface area contributed by atoms with E-state index in [1.807, 2.05) is 249 Å². The molecule has 0 atom stereocenters. The Balaban J connectivity index is -0.0000000896. The highest BCUT2D eigenvalue weighted by molar-refractivity contribution is 5.24. The lowest BCUT2D eigenvalue weighted by atomic mass is 10.1. The second kappa shape index (κ2) is 86.3. The van der Waals surface area contributed by atoms with Crippen molar-refractivity contribution in [3.63, 3.8) is 0 Å². The van der Waals surface area contributed by atoms with E-state index in [1.165, 1.54) is 76.4 Å². The molecule has 16 nitrogen and oxygen atoms in total. The van der Waals surface area contributed by atoms with Gasteiger partial charge in [-0.2, -0.15) is 24.6 Å². The van der Waals surface area contributed by atoms with Crippen LogP contribution in [0.5, 0.6) is 0 Å². The van der Waals surface area contributed by atoms with Gasteiger partial charge in [0.2, 0.25) is 0 Å². The maximum Gasteiger partial charge on any atom is 0.171 e. The molecule has 0 spiro atoms. The Morgan fingerprint density at radius 3 is 0.745 bits per heavy atom. The van der Waals surface area contributed by atoms with Gasteiger partial charge in [0.1, 0.15) is 0 Å². The molecule has 0 bridgehead atoms. The number of tetrazole rings is 2. The summed E-state index contributed by atoms with van der Waals surface area (Å²) in [5.41, 5.74) is 21.9. The quantitative estimate of drug-likeness (QED) is 0.140. The molecule has 0 N–H and O–H groups in total. The van der Waals surface area contributed by atoms with E-state index in [0.29, 0.717) is 11.6 Å². The van der Waals surface area contributed by atoms with Crippen molar-refractivity contribution in [3.8, 4) is 0 Å². The second-order valence-electron chi connectivity index (χ2n) is 20.8. The van der Waals surface area contributed by atoms with Gasteiger partial charge < -0.3 is 0 Å². The molecule has 0 amide bonds. The number of hydrogen-bond donors (Lipinski definition) is 0. The summed E-state index contributed by atoms with van der Waals surface area (Å²) in [5, 5.41) is 30.0. The van der Waals surface area contributed by atoms with Gasteiger partial charge in [-0.15, -0.1) is 20.4 Å². The normalized spacial score (nSPS) is 8.03. The first-order chi connectivity index (χ1) is 48.6. The molecule has 16 heteroatoms. The van der Waals surface area contributed by atoms with Crippen LogP contribution in [0.2, 0.25) is 0 Å². The second-order valence-corrected chi connectivity index (χ2v) is 20.8. The summed E-state index contributed by atoms with van der Waals surface area (Å²) in [7, 11) is 5.29. The van der Waals surface area contributed by atoms with Crippen molar-refractivity contribution in [1.29, 1.82) is 0 Å². The highest BCUT2D eigenvalue weighted by Crippen LogP contribution is 2.05. The monoisotopic (exact) mass is 1470 g/mol. The number of aromatic nitrogens is 16. The molecular weight excluding hydrogens is 1310 g/mol. The van der Waals surface area contributed by atoms with Crippen molar-refractivity contribution >= 4 is 0 Å². The van der Waals surface area contributed by atoms with E-state index < -0.39 is 0 Å². The predicted molar refractivity (Wildman–Crippen MR) is 472 cm³/mol. The third kappa shape index (κ3) is 78.8. The SMILES string of the molecule is C.C.C.C.CC.CC.CC.CC.CC.CC.CC.CC.Cc1ccc(C)cc1.Cc1ccc(C)nc1.Cc1ccc(C)nc1.Cc1cccc(C)c1.Cc1ccccc1C.Cc1cccnc1C.Cc1ccnc(C)c1.Cc1cncc(C)c1.Cc1nn(C)nc1C.Cc1nnn(C)n1.Cc1nnn(C)n1. The molecule has 8 heterocycles. The standard InChI is InChI=1S/3C8H10.5C7H9N.C5H9N3.2C3H6N4.8C2H6.4CH4/c1-7-3-5-8(2)6-4-7;1-7-4-3-5-8(2)6-7;1-7-5-3-4-6-8(7)2;1-6-3-7(2)5-8-4-6;1-6-3-4-8-7(2)5-6;2*1-6-3-4-7(2)8-5-6;1-6-4-3-5-8-7(6)2;1-4-5(2)7-8(3)6-4;2*1-3-4-6-7(2)5-3;8*1-2;;;;/h3*3-6H,1-2H3;5*3-5H,1-2H3;1-3H3;2*1-2H3;8*1-2H3;4*1H4. The minimum atomic E-state index is 0. The summed E-state index contributed by atoms with van der Waals surface area (Å²) in [5.74, 6) is 1.42. The van der Waals surface area contributed by atoms with E-state index in [2.05, 4.69) is 224 Å². The number of benzene rings is 3. The van der Waals surface area contributed by atoms with Crippen LogP contribution in [-0.4, -0.2) is 80.3 Å². The molecule has 0 radical (unpaired) electrons. The fourth-order valence-corrected chi connectivity index (χ4v) is 6.51. The van der Waals surface area contributed by atoms with E-state index in [-0.39, 0.29) is 29.7 Å². The van der Waals surface area contributed by atoms with E-state index in [4.69, 9.17) is 0 Å². The molecule has 11 rings (SSSR count). The van der Waals surface area contributed by atoms with Crippen LogP contribution in [0.3, 0.4) is 0 Å². The molecule has 106 heavy (non-hydrogen) atoms. The first-order valence-corrected chi connectivity index (χ1v) is 36.4. The first kappa shape index (κ1) is 123. The van der Waals surface area contributed by atoms with E-state index in [1.54, 1.807) is 32.7 Å². The summed E-state index contributed by atoms with van der Waals surface area (Å²) in [6.45, 7) is 72.4. The summed E-state index contributed by atoms with van der Waals surface area (Å²) < 4.78 is 0. The summed E-state index contributed by atoms with van der Waals surface area (Å²) in [6, 6.07) is 43.6. The molecule has 8 aromatic heterocycles. The maximum absolute atomic E-state index is 4.08. The summed E-state index contributed by atoms with van der Waals surface area (Å²) in [6.07, 6.45) is 11.1. The predicted octanol–water partition coefficient (Wildman–Crippen LogP) is 25.6. The minimum absolute atomic E-state index is 0. The van der Waals surface area contributed by atoms with Crippen molar-refractivity contribution in [2.45, 2.75) is 279 Å². The lowest BCUT2D eigenvalue weighted by Crippen LogP contribution is -1.91. The van der Waals surface area contributed by atoms with Crippen LogP contribution in [0.4, 0.5) is 0 Å². The smallest absolute Gasteiger partial charge is 0.171 e. The Labute approximate surface area is 654 Å². The van der Waals surface area contributed by atoms with E-state index >= 15 is 0 Å². The number of aryl methyl sites for hydroxylation is 23. The maximum atomic E-state index is 4.08. The number of pyridine rings is 5. The van der Waals surface area contributed by atoms with Gasteiger partial charge in [0.05, 0.1) is 25.5 Å². The number of nitrogens with zero attached hydrogens (tertiary/aromatic N) is 16. The van der Waals surface area contributed by atoms with Gasteiger partial charge in [0.15, 0.2) is 11.6 Å². The molecule has 600 valence electrons. The third-order valence-electron chi connectivity index (χ3n) is 11.6. The van der Waals surface area contributed by atoms with Crippen LogP contribution in [0, 0.1) is 138 Å². The first-order valence-electron chi connectivity index (χ1n) is 36.4. The van der Waals surface area contributed by atoms with Crippen LogP contribution in [-0.2, 0) is 21.1 Å². The van der Waals surface area contributed by atoms with Gasteiger partial charge in [0, 0.05) is 67.0 Å². The van der Waals surface area contributed by atoms with Gasteiger partial charge >= 0.3 is 0 Å². The van der Waals surface area contributed by atoms with Crippen LogP contribution in [0.25, 0.3) is 0 Å². The Bertz CT molecular complexity index is 3030. The van der Waals surface area contributed by atoms with Crippen LogP contribution in [0.15, 0.2) is 165 Å². The number of hydrogen-bond acceptors (Lipinski definition) is 13. The Hall–Kier alpha value is -9.31. The Morgan fingerprint density at radius 1 is 0.236 bits per heavy atom. The molecule has 3 aromatic carbocycles. The van der Waals surface area contributed by atoms with Gasteiger partial charge in [-0.3, -0.25) is 24.9 Å². The zero-order valence-corrected chi connectivity index (χ0v) is 71.7. The lowest BCUT2D eigenvalue weighted by molar-refractivity contribution is 0.628. The Kier molecular flexibility index (Phi) is 101. The molecule has 0 fully saturated rings. The molecule has 11 aromatic rings. The Morgan fingerprint density at radius 2 is 0.566 bits per heavy atom. The molecule has 0 saturated heterocycles. The zero-order valence-electron chi connectivity index (χ0n) is 71.7. The van der Waals surface area contributed by atoms with Gasteiger partial charge in [0.25, 0.3) is 0 Å². The fraction of sp³-hybridized carbons (Fsp3) is 0.478. The average molecular weight is 1470 g/mol. The van der Waals surface area contributed by atoms with Crippen molar-refractivity contribution < 1.29 is 0 Å². The van der Waals surface area contributed by atoms with E-state index in [9.17, 15) is 0 Å². The van der Waals surface area contributed by atoms with Crippen molar-refractivity contribution in [3.05, 3.63) is 277 Å². The summed E-state index contributed by atoms with van der Waals surface area (Å²) in [4.78, 5) is 24.7. The topological polar surface area (TPSA) is 182 Å². The molecule has 0 unspecified atom stereocenters. The van der Waals surface area contributed by atoms with Gasteiger partial charge in [-0.05, 0) is 224 Å². The van der Waals surface area contributed by atoms with E-state index in [0.717, 1.165) is 34.2 Å². The van der Waals surface area contributed by atoms with Crippen molar-refractivity contribution in [1.82, 2.24) is 80.3 Å². The minimum Gasteiger partial charge on any atom is -0.264 e. The van der Waals surface area contributed by atoms with Crippen LogP contribution < -0.4 is 0 Å². The van der Waals surface area contributed by atoms with Gasteiger partial charge in [-0.1, -0.05) is 260 Å². The largest absolute Gasteiger partial charge is 0.264 e. The molecular formula is C90H160N16. The van der Waals surface area contributed by atoms with Crippen molar-refractivity contribution in [2.24, 2.45) is 21.1 Å². The summed E-state index contributed by atoms with van der Waals surface area (Å²) >= 11 is 0. The van der Waals surface area contributed by atoms with Crippen molar-refractivity contribution in [2.75, 3.05) is 0 Å². The van der Waals surface area contributed by atoms with Gasteiger partial charge in [-0.25, -0.2) is 0 Å². The third-order valence-corrected chi connectivity index (χ3v) is 11.6. The zero-order chi connectivity index (χ0) is 80.6. The van der Waals surface area contributed by atoms with Crippen LogP contribution in [0.1, 0.15) is 253 Å². The van der Waals surface area contributed by atoms with Crippen LogP contribution >= 0.6 is 0 Å².